The van der Waals surface area contributed by atoms with E-state index in [-0.39, 0.29) is 5.69 Å². The van der Waals surface area contributed by atoms with Crippen LogP contribution in [0.3, 0.4) is 0 Å². The molecule has 0 amide bonds. The Hall–Kier alpha value is -2.15. The van der Waals surface area contributed by atoms with Crippen molar-refractivity contribution in [2.75, 3.05) is 27.2 Å². The third kappa shape index (κ3) is 3.05. The van der Waals surface area contributed by atoms with Gasteiger partial charge in [-0.2, -0.15) is 0 Å². The van der Waals surface area contributed by atoms with Gasteiger partial charge in [-0.3, -0.25) is 14.8 Å². The van der Waals surface area contributed by atoms with Gasteiger partial charge in [0.2, 0.25) is 5.88 Å². The number of benzene rings is 1. The lowest BCUT2D eigenvalue weighted by molar-refractivity contribution is -0.384. The Morgan fingerprint density at radius 3 is 2.85 bits per heavy atom. The summed E-state index contributed by atoms with van der Waals surface area (Å²) in [5.41, 5.74) is 0.863. The topological polar surface area (TPSA) is 73.4 Å². The van der Waals surface area contributed by atoms with Crippen molar-refractivity contribution in [2.45, 2.75) is 6.42 Å². The van der Waals surface area contributed by atoms with Gasteiger partial charge in [0.15, 0.2) is 0 Å². The van der Waals surface area contributed by atoms with E-state index in [1.54, 1.807) is 17.8 Å². The van der Waals surface area contributed by atoms with Crippen molar-refractivity contribution in [2.24, 2.45) is 7.05 Å². The van der Waals surface area contributed by atoms with Crippen molar-refractivity contribution in [1.82, 2.24) is 14.7 Å². The zero-order valence-corrected chi connectivity index (χ0v) is 11.9. The average Bonchev–Trinajstić information content (AvgIpc) is 2.71. The summed E-state index contributed by atoms with van der Waals surface area (Å²) in [4.78, 5) is 12.5. The molecule has 0 aliphatic carbocycles. The molecule has 0 N–H and O–H groups in total. The van der Waals surface area contributed by atoms with E-state index in [4.69, 9.17) is 4.74 Å². The summed E-state index contributed by atoms with van der Waals surface area (Å²) in [5, 5.41) is 15.8. The van der Waals surface area contributed by atoms with Gasteiger partial charge in [-0.15, -0.1) is 5.10 Å². The van der Waals surface area contributed by atoms with Crippen LogP contribution in [0.15, 0.2) is 18.2 Å². The Bertz CT molecular complexity index is 621. The van der Waals surface area contributed by atoms with Crippen LogP contribution in [0.5, 0.6) is 5.88 Å². The van der Waals surface area contributed by atoms with Crippen LogP contribution in [-0.2, 0) is 7.05 Å². The summed E-state index contributed by atoms with van der Waals surface area (Å²) in [6, 6.07) is 4.66. The molecule has 7 heteroatoms. The highest BCUT2D eigenvalue weighted by atomic mass is 16.6. The Morgan fingerprint density at radius 2 is 2.20 bits per heavy atom. The maximum atomic E-state index is 10.8. The minimum atomic E-state index is -0.414. The highest BCUT2D eigenvalue weighted by Crippen LogP contribution is 2.28. The first-order valence-corrected chi connectivity index (χ1v) is 6.37. The van der Waals surface area contributed by atoms with Crippen molar-refractivity contribution in [3.63, 3.8) is 0 Å². The van der Waals surface area contributed by atoms with Crippen molar-refractivity contribution in [3.05, 3.63) is 28.3 Å². The quantitative estimate of drug-likeness (QED) is 0.458. The molecule has 0 aliphatic heterocycles. The Balaban J connectivity index is 2.19. The normalized spacial score (nSPS) is 11.2. The second kappa shape index (κ2) is 5.87. The van der Waals surface area contributed by atoms with Crippen LogP contribution in [0.25, 0.3) is 10.9 Å². The Morgan fingerprint density at radius 1 is 1.45 bits per heavy atom. The largest absolute Gasteiger partial charge is 0.476 e. The fraction of sp³-hybridized carbons (Fsp3) is 0.462. The van der Waals surface area contributed by atoms with Crippen LogP contribution in [0.4, 0.5) is 5.69 Å². The maximum absolute atomic E-state index is 10.8. The van der Waals surface area contributed by atoms with E-state index in [0.717, 1.165) is 18.5 Å². The minimum absolute atomic E-state index is 0.0450. The number of non-ortho nitro benzene ring substituents is 1. The average molecular weight is 278 g/mol. The van der Waals surface area contributed by atoms with E-state index in [9.17, 15) is 10.1 Å². The number of aryl methyl sites for hydroxylation is 1. The first-order valence-electron chi connectivity index (χ1n) is 6.37. The van der Waals surface area contributed by atoms with Crippen LogP contribution in [0, 0.1) is 10.1 Å². The number of hydrogen-bond donors (Lipinski definition) is 0. The van der Waals surface area contributed by atoms with Gasteiger partial charge in [-0.25, -0.2) is 0 Å². The molecule has 2 rings (SSSR count). The number of ether oxygens (including phenoxy) is 1. The molecule has 108 valence electrons. The molecule has 0 spiro atoms. The zero-order chi connectivity index (χ0) is 14.7. The Kier molecular flexibility index (Phi) is 4.19. The van der Waals surface area contributed by atoms with E-state index < -0.39 is 4.92 Å². The van der Waals surface area contributed by atoms with Crippen LogP contribution >= 0.6 is 0 Å². The second-order valence-electron chi connectivity index (χ2n) is 4.89. The monoisotopic (exact) mass is 278 g/mol. The molecule has 0 bridgehead atoms. The van der Waals surface area contributed by atoms with Gasteiger partial charge in [0, 0.05) is 25.7 Å². The fourth-order valence-corrected chi connectivity index (χ4v) is 1.99. The molecular weight excluding hydrogens is 260 g/mol. The number of fused-ring (bicyclic) bond motifs is 1. The first-order chi connectivity index (χ1) is 9.49. The molecular formula is C13H18N4O3. The van der Waals surface area contributed by atoms with Crippen molar-refractivity contribution in [3.8, 4) is 5.88 Å². The zero-order valence-electron chi connectivity index (χ0n) is 11.9. The summed E-state index contributed by atoms with van der Waals surface area (Å²) in [7, 11) is 5.79. The molecule has 0 atom stereocenters. The molecule has 0 saturated carbocycles. The van der Waals surface area contributed by atoms with Gasteiger partial charge in [0.25, 0.3) is 5.69 Å². The second-order valence-corrected chi connectivity index (χ2v) is 4.89. The first kappa shape index (κ1) is 14.3. The van der Waals surface area contributed by atoms with Gasteiger partial charge in [-0.1, -0.05) is 0 Å². The van der Waals surface area contributed by atoms with E-state index in [1.165, 1.54) is 12.1 Å². The number of nitrogens with zero attached hydrogens (tertiary/aromatic N) is 4. The molecule has 1 aromatic heterocycles. The summed E-state index contributed by atoms with van der Waals surface area (Å²) < 4.78 is 7.31. The Labute approximate surface area is 116 Å². The number of aromatic nitrogens is 2. The van der Waals surface area contributed by atoms with Gasteiger partial charge < -0.3 is 9.64 Å². The summed E-state index contributed by atoms with van der Waals surface area (Å²) in [5.74, 6) is 0.449. The molecule has 0 saturated heterocycles. The highest BCUT2D eigenvalue weighted by molar-refractivity contribution is 5.86. The molecule has 0 aliphatic rings. The van der Waals surface area contributed by atoms with Crippen LogP contribution < -0.4 is 4.74 Å². The SMILES string of the molecule is CN(C)CCCOc1nn(C)c2ccc([N+](=O)[O-])cc12. The van der Waals surface area contributed by atoms with Gasteiger partial charge in [0.1, 0.15) is 0 Å². The van der Waals surface area contributed by atoms with E-state index in [0.29, 0.717) is 17.9 Å². The number of nitro benzene ring substituents is 1. The molecule has 1 aromatic carbocycles. The number of hydrogen-bond acceptors (Lipinski definition) is 5. The maximum Gasteiger partial charge on any atom is 0.270 e. The fourth-order valence-electron chi connectivity index (χ4n) is 1.99. The minimum Gasteiger partial charge on any atom is -0.476 e. The van der Waals surface area contributed by atoms with E-state index in [2.05, 4.69) is 10.00 Å². The molecule has 7 nitrogen and oxygen atoms in total. The standard InChI is InChI=1S/C13H18N4O3/c1-15(2)7-4-8-20-13-11-9-10(17(18)19)5-6-12(11)16(3)14-13/h5-6,9H,4,7-8H2,1-3H3. The third-order valence-corrected chi connectivity index (χ3v) is 3.00. The number of nitro groups is 1. The van der Waals surface area contributed by atoms with Crippen molar-refractivity contribution in [1.29, 1.82) is 0 Å². The predicted molar refractivity (Wildman–Crippen MR) is 76.0 cm³/mol. The third-order valence-electron chi connectivity index (χ3n) is 3.00. The van der Waals surface area contributed by atoms with E-state index >= 15 is 0 Å². The molecule has 2 aromatic rings. The molecule has 20 heavy (non-hydrogen) atoms. The van der Waals surface area contributed by atoms with Crippen LogP contribution in [-0.4, -0.2) is 46.9 Å². The lowest BCUT2D eigenvalue weighted by Gasteiger charge is -2.09. The smallest absolute Gasteiger partial charge is 0.270 e. The van der Waals surface area contributed by atoms with Crippen LogP contribution in [0.2, 0.25) is 0 Å². The lowest BCUT2D eigenvalue weighted by atomic mass is 10.2. The molecule has 0 fully saturated rings. The lowest BCUT2D eigenvalue weighted by Crippen LogP contribution is -2.15. The van der Waals surface area contributed by atoms with Gasteiger partial charge in [0.05, 0.1) is 22.4 Å². The van der Waals surface area contributed by atoms with Crippen molar-refractivity contribution < 1.29 is 9.66 Å². The summed E-state index contributed by atoms with van der Waals surface area (Å²) in [6.07, 6.45) is 0.875. The summed E-state index contributed by atoms with van der Waals surface area (Å²) >= 11 is 0. The van der Waals surface area contributed by atoms with Gasteiger partial charge >= 0.3 is 0 Å². The van der Waals surface area contributed by atoms with E-state index in [1.807, 2.05) is 14.1 Å². The van der Waals surface area contributed by atoms with Crippen molar-refractivity contribution >= 4 is 16.6 Å². The van der Waals surface area contributed by atoms with Crippen LogP contribution in [0.1, 0.15) is 6.42 Å². The summed E-state index contributed by atoms with van der Waals surface area (Å²) in [6.45, 7) is 1.46. The predicted octanol–water partition coefficient (Wildman–Crippen LogP) is 1.81. The highest BCUT2D eigenvalue weighted by Gasteiger charge is 2.14. The number of rotatable bonds is 6. The molecule has 1 heterocycles. The molecule has 0 radical (unpaired) electrons. The van der Waals surface area contributed by atoms with Gasteiger partial charge in [-0.05, 0) is 26.6 Å². The molecule has 0 unspecified atom stereocenters.